The van der Waals surface area contributed by atoms with Crippen molar-refractivity contribution in [2.75, 3.05) is 11.9 Å². The first-order chi connectivity index (χ1) is 12.5. The Bertz CT molecular complexity index is 720. The van der Waals surface area contributed by atoms with Gasteiger partial charge in [0.2, 0.25) is 11.9 Å². The lowest BCUT2D eigenvalue weighted by Crippen LogP contribution is -2.48. The Balaban J connectivity index is 1.75. The van der Waals surface area contributed by atoms with E-state index < -0.39 is 18.4 Å². The highest BCUT2D eigenvalue weighted by Crippen LogP contribution is 2.16. The van der Waals surface area contributed by atoms with E-state index in [1.54, 1.807) is 4.68 Å². The first-order valence-corrected chi connectivity index (χ1v) is 8.75. The van der Waals surface area contributed by atoms with Gasteiger partial charge in [0.15, 0.2) is 6.29 Å². The number of amides is 1. The van der Waals surface area contributed by atoms with Crippen molar-refractivity contribution in [2.24, 2.45) is 5.92 Å². The van der Waals surface area contributed by atoms with Gasteiger partial charge in [0.25, 0.3) is 0 Å². The summed E-state index contributed by atoms with van der Waals surface area (Å²) in [5.74, 6) is 0.458. The Morgan fingerprint density at radius 2 is 2.15 bits per heavy atom. The van der Waals surface area contributed by atoms with Gasteiger partial charge in [-0.25, -0.2) is 0 Å². The predicted molar refractivity (Wildman–Crippen MR) is 94.5 cm³/mol. The Labute approximate surface area is 151 Å². The van der Waals surface area contributed by atoms with Crippen molar-refractivity contribution in [3.05, 3.63) is 30.3 Å². The van der Waals surface area contributed by atoms with Gasteiger partial charge in [-0.2, -0.15) is 4.68 Å². The quantitative estimate of drug-likeness (QED) is 0.666. The standard InChI is InChI=1S/C17H24N6O3/c1-11(2)10-14(15(24)18-13-8-9-26-16(13)25)19-17-20-21-22-23(17)12-6-4-3-5-7-12/h3-7,11,13-14,16,25H,8-10H2,1-2H3,(H,18,24)(H,19,20,22)/t13-,14-,16?/m0/s1. The lowest BCUT2D eigenvalue weighted by Gasteiger charge is -2.23. The van der Waals surface area contributed by atoms with Crippen LogP contribution in [0.15, 0.2) is 30.3 Å². The van der Waals surface area contributed by atoms with E-state index in [1.165, 1.54) is 0 Å². The zero-order valence-electron chi connectivity index (χ0n) is 14.9. The fourth-order valence-corrected chi connectivity index (χ4v) is 2.88. The molecular formula is C17H24N6O3. The monoisotopic (exact) mass is 360 g/mol. The van der Waals surface area contributed by atoms with Crippen LogP contribution in [0.5, 0.6) is 0 Å². The molecule has 1 aliphatic heterocycles. The number of nitrogens with one attached hydrogen (secondary N) is 2. The van der Waals surface area contributed by atoms with E-state index in [9.17, 15) is 9.90 Å². The van der Waals surface area contributed by atoms with Crippen molar-refractivity contribution >= 4 is 11.9 Å². The number of hydrogen-bond donors (Lipinski definition) is 3. The number of anilines is 1. The number of aliphatic hydroxyl groups is 1. The molecule has 3 N–H and O–H groups in total. The summed E-state index contributed by atoms with van der Waals surface area (Å²) in [5, 5.41) is 27.5. The fourth-order valence-electron chi connectivity index (χ4n) is 2.88. The van der Waals surface area contributed by atoms with Crippen molar-refractivity contribution in [2.45, 2.75) is 45.1 Å². The third-order valence-electron chi connectivity index (χ3n) is 4.19. The molecule has 1 saturated heterocycles. The maximum absolute atomic E-state index is 12.7. The Kier molecular flexibility index (Phi) is 5.79. The minimum Gasteiger partial charge on any atom is -0.366 e. The van der Waals surface area contributed by atoms with Crippen LogP contribution >= 0.6 is 0 Å². The molecule has 1 aromatic carbocycles. The van der Waals surface area contributed by atoms with E-state index in [2.05, 4.69) is 26.2 Å². The van der Waals surface area contributed by atoms with Gasteiger partial charge < -0.3 is 20.5 Å². The number of nitrogens with zero attached hydrogens (tertiary/aromatic N) is 4. The minimum absolute atomic E-state index is 0.212. The number of carbonyl (C=O) groups excluding carboxylic acids is 1. The number of para-hydroxylation sites is 1. The number of hydrogen-bond acceptors (Lipinski definition) is 7. The molecule has 0 bridgehead atoms. The molecule has 1 aromatic heterocycles. The van der Waals surface area contributed by atoms with Gasteiger partial charge in [-0.3, -0.25) is 4.79 Å². The second-order valence-corrected chi connectivity index (χ2v) is 6.74. The van der Waals surface area contributed by atoms with Crippen LogP contribution in [0, 0.1) is 5.92 Å². The zero-order chi connectivity index (χ0) is 18.5. The lowest BCUT2D eigenvalue weighted by molar-refractivity contribution is -0.126. The number of tetrazole rings is 1. The number of benzene rings is 1. The van der Waals surface area contributed by atoms with Crippen LogP contribution in [0.2, 0.25) is 0 Å². The Morgan fingerprint density at radius 3 is 2.81 bits per heavy atom. The summed E-state index contributed by atoms with van der Waals surface area (Å²) in [7, 11) is 0. The highest BCUT2D eigenvalue weighted by Gasteiger charge is 2.31. The van der Waals surface area contributed by atoms with Gasteiger partial charge in [0.1, 0.15) is 6.04 Å². The molecule has 140 valence electrons. The molecule has 0 saturated carbocycles. The summed E-state index contributed by atoms with van der Waals surface area (Å²) in [5.41, 5.74) is 0.795. The lowest BCUT2D eigenvalue weighted by atomic mass is 10.0. The summed E-state index contributed by atoms with van der Waals surface area (Å²) in [6, 6.07) is 8.52. The van der Waals surface area contributed by atoms with E-state index in [4.69, 9.17) is 4.74 Å². The number of rotatable bonds is 7. The van der Waals surface area contributed by atoms with Crippen LogP contribution < -0.4 is 10.6 Å². The van der Waals surface area contributed by atoms with Gasteiger partial charge in [0.05, 0.1) is 18.3 Å². The van der Waals surface area contributed by atoms with Crippen molar-refractivity contribution < 1.29 is 14.6 Å². The highest BCUT2D eigenvalue weighted by atomic mass is 16.6. The number of aliphatic hydroxyl groups excluding tert-OH is 1. The van der Waals surface area contributed by atoms with Gasteiger partial charge in [-0.05, 0) is 41.3 Å². The third-order valence-corrected chi connectivity index (χ3v) is 4.19. The predicted octanol–water partition coefficient (Wildman–Crippen LogP) is 0.712. The molecule has 3 atom stereocenters. The average molecular weight is 360 g/mol. The molecule has 2 heterocycles. The van der Waals surface area contributed by atoms with Crippen LogP contribution in [-0.4, -0.2) is 56.2 Å². The molecule has 0 radical (unpaired) electrons. The van der Waals surface area contributed by atoms with E-state index in [0.29, 0.717) is 25.4 Å². The summed E-state index contributed by atoms with van der Waals surface area (Å²) in [6.07, 6.45) is 0.216. The molecule has 9 heteroatoms. The number of carbonyl (C=O) groups is 1. The van der Waals surface area contributed by atoms with Gasteiger partial charge in [-0.15, -0.1) is 0 Å². The van der Waals surface area contributed by atoms with Crippen molar-refractivity contribution in [3.8, 4) is 5.69 Å². The molecule has 1 amide bonds. The molecule has 0 spiro atoms. The molecule has 1 fully saturated rings. The summed E-state index contributed by atoms with van der Waals surface area (Å²) in [4.78, 5) is 12.7. The van der Waals surface area contributed by atoms with Gasteiger partial charge >= 0.3 is 0 Å². The first-order valence-electron chi connectivity index (χ1n) is 8.75. The van der Waals surface area contributed by atoms with Gasteiger partial charge in [-0.1, -0.05) is 37.1 Å². The second kappa shape index (κ2) is 8.24. The van der Waals surface area contributed by atoms with Gasteiger partial charge in [0, 0.05) is 0 Å². The van der Waals surface area contributed by atoms with Crippen molar-refractivity contribution in [1.82, 2.24) is 25.5 Å². The van der Waals surface area contributed by atoms with E-state index >= 15 is 0 Å². The fraction of sp³-hybridized carbons (Fsp3) is 0.529. The van der Waals surface area contributed by atoms with Crippen LogP contribution in [0.3, 0.4) is 0 Å². The zero-order valence-corrected chi connectivity index (χ0v) is 14.9. The minimum atomic E-state index is -0.965. The van der Waals surface area contributed by atoms with Crippen LogP contribution in [0.25, 0.3) is 5.69 Å². The average Bonchev–Trinajstić information content (AvgIpc) is 3.24. The highest BCUT2D eigenvalue weighted by molar-refractivity contribution is 5.84. The van der Waals surface area contributed by atoms with Crippen LogP contribution in [0.1, 0.15) is 26.7 Å². The second-order valence-electron chi connectivity index (χ2n) is 6.74. The molecule has 26 heavy (non-hydrogen) atoms. The molecule has 9 nitrogen and oxygen atoms in total. The Hall–Kier alpha value is -2.52. The number of aromatic nitrogens is 4. The number of ether oxygens (including phenoxy) is 1. The normalized spacial score (nSPS) is 20.9. The topological polar surface area (TPSA) is 114 Å². The molecule has 1 aliphatic rings. The van der Waals surface area contributed by atoms with E-state index in [0.717, 1.165) is 5.69 Å². The molecular weight excluding hydrogens is 336 g/mol. The molecule has 3 rings (SSSR count). The third kappa shape index (κ3) is 4.36. The van der Waals surface area contributed by atoms with E-state index in [-0.39, 0.29) is 11.8 Å². The van der Waals surface area contributed by atoms with Crippen LogP contribution in [-0.2, 0) is 9.53 Å². The molecule has 0 aliphatic carbocycles. The molecule has 1 unspecified atom stereocenters. The summed E-state index contributed by atoms with van der Waals surface area (Å²) in [6.45, 7) is 4.51. The van der Waals surface area contributed by atoms with Crippen molar-refractivity contribution in [1.29, 1.82) is 0 Å². The maximum atomic E-state index is 12.7. The largest absolute Gasteiger partial charge is 0.366 e. The summed E-state index contributed by atoms with van der Waals surface area (Å²) < 4.78 is 6.64. The SMILES string of the molecule is CC(C)C[C@H](Nc1nnnn1-c1ccccc1)C(=O)N[C@H]1CCOC1O. The summed E-state index contributed by atoms with van der Waals surface area (Å²) >= 11 is 0. The van der Waals surface area contributed by atoms with Crippen LogP contribution in [0.4, 0.5) is 5.95 Å². The smallest absolute Gasteiger partial charge is 0.248 e. The van der Waals surface area contributed by atoms with Crippen molar-refractivity contribution in [3.63, 3.8) is 0 Å². The first kappa shape index (κ1) is 18.3. The van der Waals surface area contributed by atoms with E-state index in [1.807, 2.05) is 44.2 Å². The Morgan fingerprint density at radius 1 is 1.38 bits per heavy atom. The maximum Gasteiger partial charge on any atom is 0.248 e. The molecule has 2 aromatic rings.